The first-order valence-corrected chi connectivity index (χ1v) is 11.4. The van der Waals surface area contributed by atoms with Gasteiger partial charge in [0.1, 0.15) is 0 Å². The van der Waals surface area contributed by atoms with E-state index in [1.807, 2.05) is 5.38 Å². The Morgan fingerprint density at radius 2 is 2.06 bits per heavy atom. The second kappa shape index (κ2) is 10.9. The second-order valence-corrected chi connectivity index (χ2v) is 8.38. The number of amides is 3. The topological polar surface area (TPSA) is 101 Å². The summed E-state index contributed by atoms with van der Waals surface area (Å²) in [5, 5.41) is 8.15. The van der Waals surface area contributed by atoms with Crippen LogP contribution in [-0.2, 0) is 9.53 Å². The first-order valence-electron chi connectivity index (χ1n) is 10.5. The monoisotopic (exact) mass is 444 g/mol. The average Bonchev–Trinajstić information content (AvgIpc) is 3.27. The van der Waals surface area contributed by atoms with Crippen molar-refractivity contribution in [2.24, 2.45) is 11.8 Å². The van der Waals surface area contributed by atoms with Crippen LogP contribution in [-0.4, -0.2) is 47.5 Å². The van der Waals surface area contributed by atoms with E-state index in [0.717, 1.165) is 12.8 Å². The molecule has 0 bridgehead atoms. The molecule has 2 N–H and O–H groups in total. The van der Waals surface area contributed by atoms with Gasteiger partial charge in [-0.1, -0.05) is 19.4 Å². The highest BCUT2D eigenvalue weighted by Gasteiger charge is 2.32. The third kappa shape index (κ3) is 6.27. The average molecular weight is 445 g/mol. The van der Waals surface area contributed by atoms with Crippen LogP contribution >= 0.6 is 11.3 Å². The molecule has 3 rings (SSSR count). The summed E-state index contributed by atoms with van der Waals surface area (Å²) in [6, 6.07) is 6.52. The summed E-state index contributed by atoms with van der Waals surface area (Å²) in [7, 11) is 0. The van der Waals surface area contributed by atoms with Crippen molar-refractivity contribution in [3.05, 3.63) is 41.4 Å². The SMILES string of the molecule is CCOC(=O)c1cccc(NC(=O)N2CC[C@@H](CC(=O)Nc3nccs3)[C@@H](CC)C2)c1. The van der Waals surface area contributed by atoms with E-state index in [-0.39, 0.29) is 23.8 Å². The summed E-state index contributed by atoms with van der Waals surface area (Å²) in [4.78, 5) is 42.9. The maximum Gasteiger partial charge on any atom is 0.338 e. The summed E-state index contributed by atoms with van der Waals surface area (Å²) in [5.74, 6) is 0.0159. The normalized spacial score (nSPS) is 18.3. The van der Waals surface area contributed by atoms with E-state index in [4.69, 9.17) is 4.74 Å². The van der Waals surface area contributed by atoms with Gasteiger partial charge in [0.15, 0.2) is 5.13 Å². The van der Waals surface area contributed by atoms with Crippen LogP contribution in [0.5, 0.6) is 0 Å². The van der Waals surface area contributed by atoms with E-state index < -0.39 is 5.97 Å². The van der Waals surface area contributed by atoms with E-state index in [1.54, 1.807) is 42.3 Å². The molecule has 1 aromatic carbocycles. The zero-order chi connectivity index (χ0) is 22.2. The van der Waals surface area contributed by atoms with Crippen molar-refractivity contribution in [1.82, 2.24) is 9.88 Å². The van der Waals surface area contributed by atoms with Crippen LogP contribution in [0, 0.1) is 11.8 Å². The molecule has 2 atom stereocenters. The molecule has 1 fully saturated rings. The molecule has 2 aromatic rings. The number of urea groups is 1. The second-order valence-electron chi connectivity index (χ2n) is 7.48. The first kappa shape index (κ1) is 22.7. The van der Waals surface area contributed by atoms with Crippen LogP contribution < -0.4 is 10.6 Å². The number of aromatic nitrogens is 1. The number of likely N-dealkylation sites (tertiary alicyclic amines) is 1. The fraction of sp³-hybridized carbons (Fsp3) is 0.455. The van der Waals surface area contributed by atoms with Crippen molar-refractivity contribution in [3.63, 3.8) is 0 Å². The molecule has 0 spiro atoms. The lowest BCUT2D eigenvalue weighted by molar-refractivity contribution is -0.117. The Morgan fingerprint density at radius 3 is 2.77 bits per heavy atom. The molecule has 166 valence electrons. The molecule has 1 saturated heterocycles. The number of nitrogens with one attached hydrogen (secondary N) is 2. The highest BCUT2D eigenvalue weighted by atomic mass is 32.1. The van der Waals surface area contributed by atoms with Crippen LogP contribution in [0.3, 0.4) is 0 Å². The van der Waals surface area contributed by atoms with Gasteiger partial charge in [-0.15, -0.1) is 11.3 Å². The lowest BCUT2D eigenvalue weighted by atomic mass is 9.81. The molecule has 31 heavy (non-hydrogen) atoms. The number of piperidine rings is 1. The smallest absolute Gasteiger partial charge is 0.338 e. The molecule has 1 aromatic heterocycles. The maximum atomic E-state index is 12.8. The number of ether oxygens (including phenoxy) is 1. The fourth-order valence-electron chi connectivity index (χ4n) is 3.83. The molecule has 0 aliphatic carbocycles. The van der Waals surface area contributed by atoms with Crippen molar-refractivity contribution in [2.45, 2.75) is 33.1 Å². The van der Waals surface area contributed by atoms with E-state index in [9.17, 15) is 14.4 Å². The van der Waals surface area contributed by atoms with E-state index >= 15 is 0 Å². The number of hydrogen-bond acceptors (Lipinski definition) is 6. The first-order chi connectivity index (χ1) is 15.0. The summed E-state index contributed by atoms with van der Waals surface area (Å²) < 4.78 is 5.01. The van der Waals surface area contributed by atoms with Crippen LogP contribution in [0.4, 0.5) is 15.6 Å². The third-order valence-corrected chi connectivity index (χ3v) is 6.14. The highest BCUT2D eigenvalue weighted by molar-refractivity contribution is 7.13. The molecular weight excluding hydrogens is 416 g/mol. The highest BCUT2D eigenvalue weighted by Crippen LogP contribution is 2.30. The maximum absolute atomic E-state index is 12.8. The van der Waals surface area contributed by atoms with Crippen molar-refractivity contribution in [3.8, 4) is 0 Å². The van der Waals surface area contributed by atoms with E-state index in [0.29, 0.717) is 42.5 Å². The molecule has 1 aliphatic heterocycles. The number of esters is 1. The molecule has 1 aliphatic rings. The van der Waals surface area contributed by atoms with Gasteiger partial charge in [-0.2, -0.15) is 0 Å². The Bertz CT molecular complexity index is 903. The van der Waals surface area contributed by atoms with Crippen molar-refractivity contribution in [2.75, 3.05) is 30.3 Å². The Morgan fingerprint density at radius 1 is 1.23 bits per heavy atom. The Labute approximate surface area is 186 Å². The number of hydrogen-bond donors (Lipinski definition) is 2. The summed E-state index contributed by atoms with van der Waals surface area (Å²) in [5.41, 5.74) is 0.949. The Hall–Kier alpha value is -2.94. The van der Waals surface area contributed by atoms with Crippen LogP contribution in [0.15, 0.2) is 35.8 Å². The fourth-order valence-corrected chi connectivity index (χ4v) is 4.38. The van der Waals surface area contributed by atoms with Crippen molar-refractivity contribution in [1.29, 1.82) is 0 Å². The number of anilines is 2. The van der Waals surface area contributed by atoms with Gasteiger partial charge in [0.2, 0.25) is 5.91 Å². The minimum Gasteiger partial charge on any atom is -0.462 e. The standard InChI is InChI=1S/C22H28N4O4S/c1-3-15-14-26(10-8-16(15)13-19(27)25-21-23-9-11-31-21)22(29)24-18-7-5-6-17(12-18)20(28)30-4-2/h5-7,9,11-12,15-16H,3-4,8,10,13-14H2,1-2H3,(H,24,29)(H,23,25,27)/t15-,16-/m0/s1. The Balaban J connectivity index is 1.55. The molecule has 0 saturated carbocycles. The van der Waals surface area contributed by atoms with Crippen LogP contribution in [0.25, 0.3) is 0 Å². The van der Waals surface area contributed by atoms with E-state index in [2.05, 4.69) is 22.5 Å². The van der Waals surface area contributed by atoms with Crippen molar-refractivity contribution < 1.29 is 19.1 Å². The van der Waals surface area contributed by atoms with Gasteiger partial charge in [-0.25, -0.2) is 14.6 Å². The van der Waals surface area contributed by atoms with Gasteiger partial charge in [0.05, 0.1) is 12.2 Å². The minimum absolute atomic E-state index is 0.0351. The number of rotatable bonds is 7. The van der Waals surface area contributed by atoms with Crippen LogP contribution in [0.1, 0.15) is 43.5 Å². The van der Waals surface area contributed by atoms with Gasteiger partial charge in [0.25, 0.3) is 0 Å². The number of carbonyl (C=O) groups excluding carboxylic acids is 3. The predicted molar refractivity (Wildman–Crippen MR) is 120 cm³/mol. The summed E-state index contributed by atoms with van der Waals surface area (Å²) in [6.45, 7) is 5.30. The van der Waals surface area contributed by atoms with Crippen LogP contribution in [0.2, 0.25) is 0 Å². The number of carbonyl (C=O) groups is 3. The van der Waals surface area contributed by atoms with Gasteiger partial charge >= 0.3 is 12.0 Å². The lowest BCUT2D eigenvalue weighted by Crippen LogP contribution is -2.46. The summed E-state index contributed by atoms with van der Waals surface area (Å²) in [6.07, 6.45) is 3.74. The zero-order valence-corrected chi connectivity index (χ0v) is 18.6. The largest absolute Gasteiger partial charge is 0.462 e. The molecule has 2 heterocycles. The lowest BCUT2D eigenvalue weighted by Gasteiger charge is -2.38. The van der Waals surface area contributed by atoms with Gasteiger partial charge in [-0.3, -0.25) is 4.79 Å². The molecule has 9 heteroatoms. The van der Waals surface area contributed by atoms with Gasteiger partial charge < -0.3 is 20.3 Å². The molecule has 3 amide bonds. The molecular formula is C22H28N4O4S. The molecule has 0 radical (unpaired) electrons. The quantitative estimate of drug-likeness (QED) is 0.623. The molecule has 8 nitrogen and oxygen atoms in total. The zero-order valence-electron chi connectivity index (χ0n) is 17.8. The Kier molecular flexibility index (Phi) is 8.00. The van der Waals surface area contributed by atoms with E-state index in [1.165, 1.54) is 11.3 Å². The number of benzene rings is 1. The predicted octanol–water partition coefficient (Wildman–Crippen LogP) is 4.23. The number of nitrogens with zero attached hydrogens (tertiary/aromatic N) is 2. The summed E-state index contributed by atoms with van der Waals surface area (Å²) >= 11 is 1.40. The van der Waals surface area contributed by atoms with Gasteiger partial charge in [0, 0.05) is 36.8 Å². The van der Waals surface area contributed by atoms with Crippen molar-refractivity contribution >= 4 is 40.1 Å². The minimum atomic E-state index is -0.415. The third-order valence-electron chi connectivity index (χ3n) is 5.45. The number of thiazole rings is 1. The molecule has 0 unspecified atom stereocenters. The van der Waals surface area contributed by atoms with Gasteiger partial charge in [-0.05, 0) is 43.4 Å².